The molecule has 0 radical (unpaired) electrons. The van der Waals surface area contributed by atoms with Gasteiger partial charge in [-0.15, -0.1) is 0 Å². The van der Waals surface area contributed by atoms with Gasteiger partial charge in [-0.3, -0.25) is 9.59 Å². The molecule has 33 heavy (non-hydrogen) atoms. The topological polar surface area (TPSA) is 86.7 Å². The quantitative estimate of drug-likeness (QED) is 0.632. The lowest BCUT2D eigenvalue weighted by molar-refractivity contribution is -0.137. The molecule has 3 rings (SSSR count). The number of aromatic carboxylic acids is 1. The Hall–Kier alpha value is -2.86. The number of halogens is 1. The molecule has 1 saturated heterocycles. The van der Waals surface area contributed by atoms with E-state index in [0.29, 0.717) is 24.0 Å². The van der Waals surface area contributed by atoms with Gasteiger partial charge in [0.15, 0.2) is 0 Å². The molecule has 2 amide bonds. The number of amides is 2. The van der Waals surface area contributed by atoms with Crippen molar-refractivity contribution < 1.29 is 19.5 Å². The van der Waals surface area contributed by atoms with Gasteiger partial charge in [-0.05, 0) is 59.6 Å². The number of piperidine rings is 1. The molecule has 0 aromatic heterocycles. The Balaban J connectivity index is 1.73. The van der Waals surface area contributed by atoms with Crippen LogP contribution in [0.2, 0.25) is 5.02 Å². The Labute approximate surface area is 199 Å². The Morgan fingerprint density at radius 3 is 2.30 bits per heavy atom. The lowest BCUT2D eigenvalue weighted by Crippen LogP contribution is -2.55. The van der Waals surface area contributed by atoms with E-state index in [-0.39, 0.29) is 28.4 Å². The summed E-state index contributed by atoms with van der Waals surface area (Å²) < 4.78 is 0. The van der Waals surface area contributed by atoms with Crippen LogP contribution in [0, 0.1) is 11.3 Å². The molecular weight excluding hydrogens is 440 g/mol. The molecule has 1 fully saturated rings. The van der Waals surface area contributed by atoms with Gasteiger partial charge in [0, 0.05) is 23.7 Å². The van der Waals surface area contributed by atoms with Crippen LogP contribution in [0.5, 0.6) is 0 Å². The first kappa shape index (κ1) is 24.8. The van der Waals surface area contributed by atoms with Crippen molar-refractivity contribution in [2.45, 2.75) is 46.1 Å². The minimum absolute atomic E-state index is 0.0288. The maximum absolute atomic E-state index is 13.5. The normalized spacial score (nSPS) is 18.6. The number of benzene rings is 2. The number of carbonyl (C=O) groups excluding carboxylic acids is 2. The van der Waals surface area contributed by atoms with Gasteiger partial charge in [-0.2, -0.15) is 0 Å². The molecule has 0 saturated carbocycles. The third-order valence-corrected chi connectivity index (χ3v) is 6.66. The molecule has 1 aliphatic heterocycles. The van der Waals surface area contributed by atoms with Crippen LogP contribution in [-0.2, 0) is 4.79 Å². The van der Waals surface area contributed by atoms with Gasteiger partial charge in [0.25, 0.3) is 5.91 Å². The highest BCUT2D eigenvalue weighted by molar-refractivity contribution is 6.30. The Morgan fingerprint density at radius 2 is 1.73 bits per heavy atom. The summed E-state index contributed by atoms with van der Waals surface area (Å²) in [4.78, 5) is 39.4. The van der Waals surface area contributed by atoms with Crippen molar-refractivity contribution in [1.29, 1.82) is 0 Å². The fourth-order valence-electron chi connectivity index (χ4n) is 4.59. The number of rotatable bonds is 6. The van der Waals surface area contributed by atoms with E-state index in [1.807, 2.05) is 30.9 Å². The summed E-state index contributed by atoms with van der Waals surface area (Å²) >= 11 is 6.04. The zero-order valence-electron chi connectivity index (χ0n) is 19.5. The molecule has 1 unspecified atom stereocenters. The highest BCUT2D eigenvalue weighted by atomic mass is 35.5. The van der Waals surface area contributed by atoms with Crippen LogP contribution in [0.4, 0.5) is 0 Å². The predicted molar refractivity (Wildman–Crippen MR) is 129 cm³/mol. The number of nitrogens with zero attached hydrogens (tertiary/aromatic N) is 1. The fraction of sp³-hybridized carbons (Fsp3) is 0.423. The molecule has 176 valence electrons. The molecule has 2 aromatic carbocycles. The summed E-state index contributed by atoms with van der Waals surface area (Å²) in [6, 6.07) is 13.0. The van der Waals surface area contributed by atoms with E-state index in [9.17, 15) is 19.5 Å². The van der Waals surface area contributed by atoms with Crippen LogP contribution in [0.1, 0.15) is 66.3 Å². The van der Waals surface area contributed by atoms with Crippen molar-refractivity contribution in [3.63, 3.8) is 0 Å². The largest absolute Gasteiger partial charge is 0.478 e. The van der Waals surface area contributed by atoms with Gasteiger partial charge < -0.3 is 15.3 Å². The molecular formula is C26H31ClN2O4. The van der Waals surface area contributed by atoms with Gasteiger partial charge in [0.1, 0.15) is 6.04 Å². The van der Waals surface area contributed by atoms with Gasteiger partial charge in [0.2, 0.25) is 5.91 Å². The van der Waals surface area contributed by atoms with Gasteiger partial charge in [0.05, 0.1) is 5.56 Å². The maximum Gasteiger partial charge on any atom is 0.335 e. The van der Waals surface area contributed by atoms with Crippen molar-refractivity contribution in [2.24, 2.45) is 11.3 Å². The number of hydrogen-bond donors (Lipinski definition) is 2. The van der Waals surface area contributed by atoms with Crippen LogP contribution in [0.3, 0.4) is 0 Å². The van der Waals surface area contributed by atoms with Crippen LogP contribution in [0.15, 0.2) is 48.5 Å². The number of likely N-dealkylation sites (tertiary alicyclic amines) is 1. The molecule has 1 heterocycles. The van der Waals surface area contributed by atoms with Crippen molar-refractivity contribution in [2.75, 3.05) is 13.1 Å². The second kappa shape index (κ2) is 9.96. The number of hydrogen-bond acceptors (Lipinski definition) is 3. The average molecular weight is 471 g/mol. The summed E-state index contributed by atoms with van der Waals surface area (Å²) in [6.45, 7) is 9.28. The number of carboxylic acid groups (broad SMARTS) is 1. The van der Waals surface area contributed by atoms with E-state index in [1.54, 1.807) is 6.07 Å². The standard InChI is InChI=1S/C26H31ClN2O4/c1-16(2)22(28-23(30)18-6-5-7-19(14-18)25(32)33)24(31)29-13-12-21(26(3,4)15-29)17-8-10-20(27)11-9-17/h5-11,14,16,21-22H,12-13,15H2,1-4H3,(H,28,30)(H,32,33)/t21?,22-/m1/s1. The van der Waals surface area contributed by atoms with Crippen LogP contribution in [-0.4, -0.2) is 46.9 Å². The van der Waals surface area contributed by atoms with E-state index in [1.165, 1.54) is 23.8 Å². The Bertz CT molecular complexity index is 1030. The SMILES string of the molecule is CC(C)[C@@H](NC(=O)c1cccc(C(=O)O)c1)C(=O)N1CCC(c2ccc(Cl)cc2)C(C)(C)C1. The van der Waals surface area contributed by atoms with E-state index >= 15 is 0 Å². The van der Waals surface area contributed by atoms with E-state index in [4.69, 9.17) is 11.6 Å². The third kappa shape index (κ3) is 5.74. The minimum atomic E-state index is -1.10. The number of carboxylic acids is 1. The maximum atomic E-state index is 13.5. The fourth-order valence-corrected chi connectivity index (χ4v) is 4.71. The monoisotopic (exact) mass is 470 g/mol. The summed E-state index contributed by atoms with van der Waals surface area (Å²) in [5, 5.41) is 12.7. The number of nitrogens with one attached hydrogen (secondary N) is 1. The first-order chi connectivity index (χ1) is 15.5. The molecule has 2 aromatic rings. The highest BCUT2D eigenvalue weighted by Crippen LogP contribution is 2.42. The molecule has 2 N–H and O–H groups in total. The van der Waals surface area contributed by atoms with Crippen molar-refractivity contribution in [3.05, 3.63) is 70.2 Å². The average Bonchev–Trinajstić information content (AvgIpc) is 2.76. The molecule has 0 spiro atoms. The molecule has 0 bridgehead atoms. The summed E-state index contributed by atoms with van der Waals surface area (Å²) in [7, 11) is 0. The van der Waals surface area contributed by atoms with E-state index in [2.05, 4.69) is 31.3 Å². The third-order valence-electron chi connectivity index (χ3n) is 6.40. The van der Waals surface area contributed by atoms with Gasteiger partial charge in [-0.25, -0.2) is 4.79 Å². The van der Waals surface area contributed by atoms with Crippen LogP contribution in [0.25, 0.3) is 0 Å². The van der Waals surface area contributed by atoms with Gasteiger partial charge in [-0.1, -0.05) is 57.5 Å². The Morgan fingerprint density at radius 1 is 1.09 bits per heavy atom. The lowest BCUT2D eigenvalue weighted by atomic mass is 9.70. The number of carbonyl (C=O) groups is 3. The first-order valence-corrected chi connectivity index (χ1v) is 11.6. The smallest absolute Gasteiger partial charge is 0.335 e. The first-order valence-electron chi connectivity index (χ1n) is 11.2. The van der Waals surface area contributed by atoms with Crippen molar-refractivity contribution in [3.8, 4) is 0 Å². The van der Waals surface area contributed by atoms with Crippen molar-refractivity contribution >= 4 is 29.4 Å². The highest BCUT2D eigenvalue weighted by Gasteiger charge is 2.40. The predicted octanol–water partition coefficient (Wildman–Crippen LogP) is 4.83. The Kier molecular flexibility index (Phi) is 7.48. The van der Waals surface area contributed by atoms with Gasteiger partial charge >= 0.3 is 5.97 Å². The lowest BCUT2D eigenvalue weighted by Gasteiger charge is -2.45. The minimum Gasteiger partial charge on any atom is -0.478 e. The molecule has 0 aliphatic carbocycles. The molecule has 7 heteroatoms. The van der Waals surface area contributed by atoms with Crippen LogP contribution >= 0.6 is 11.6 Å². The zero-order valence-corrected chi connectivity index (χ0v) is 20.2. The van der Waals surface area contributed by atoms with E-state index < -0.39 is 17.9 Å². The molecule has 6 nitrogen and oxygen atoms in total. The zero-order chi connectivity index (χ0) is 24.3. The second-order valence-corrected chi connectivity index (χ2v) is 10.2. The second-order valence-electron chi connectivity index (χ2n) is 9.72. The molecule has 2 atom stereocenters. The summed E-state index contributed by atoms with van der Waals surface area (Å²) in [5.74, 6) is -1.51. The van der Waals surface area contributed by atoms with Crippen LogP contribution < -0.4 is 5.32 Å². The van der Waals surface area contributed by atoms with Crippen molar-refractivity contribution in [1.82, 2.24) is 10.2 Å². The summed E-state index contributed by atoms with van der Waals surface area (Å²) in [6.07, 6.45) is 0.819. The van der Waals surface area contributed by atoms with E-state index in [0.717, 1.165) is 6.42 Å². The molecule has 1 aliphatic rings. The summed E-state index contributed by atoms with van der Waals surface area (Å²) in [5.41, 5.74) is 1.31.